The number of nitrogens with zero attached hydrogens (tertiary/aromatic N) is 1. The minimum absolute atomic E-state index is 0.0143. The Hall–Kier alpha value is -1.06. The van der Waals surface area contributed by atoms with E-state index in [2.05, 4.69) is 6.92 Å². The number of carboxylic acid groups (broad SMARTS) is 1. The van der Waals surface area contributed by atoms with E-state index in [0.29, 0.717) is 12.8 Å². The zero-order valence-corrected chi connectivity index (χ0v) is 13.2. The maximum atomic E-state index is 12.5. The summed E-state index contributed by atoms with van der Waals surface area (Å²) in [5.41, 5.74) is -0.797. The van der Waals surface area contributed by atoms with Crippen LogP contribution in [0.5, 0.6) is 0 Å². The van der Waals surface area contributed by atoms with Crippen molar-refractivity contribution in [2.24, 2.45) is 5.41 Å². The zero-order valence-electron chi connectivity index (χ0n) is 13.2. The molecule has 0 aliphatic heterocycles. The van der Waals surface area contributed by atoms with Gasteiger partial charge >= 0.3 is 5.97 Å². The number of unbranched alkanes of at least 4 members (excludes halogenated alkanes) is 2. The third-order valence-corrected chi connectivity index (χ3v) is 4.45. The van der Waals surface area contributed by atoms with E-state index in [1.807, 2.05) is 18.7 Å². The molecular formula is C16H29NO3. The van der Waals surface area contributed by atoms with Crippen molar-refractivity contribution in [1.82, 2.24) is 4.90 Å². The second kappa shape index (κ2) is 7.65. The van der Waals surface area contributed by atoms with Crippen LogP contribution in [-0.4, -0.2) is 34.5 Å². The van der Waals surface area contributed by atoms with Gasteiger partial charge in [-0.3, -0.25) is 9.59 Å². The molecule has 20 heavy (non-hydrogen) atoms. The highest BCUT2D eigenvalue weighted by Crippen LogP contribution is 2.41. The largest absolute Gasteiger partial charge is 0.481 e. The van der Waals surface area contributed by atoms with Gasteiger partial charge < -0.3 is 10.0 Å². The Morgan fingerprint density at radius 3 is 2.25 bits per heavy atom. The van der Waals surface area contributed by atoms with Gasteiger partial charge in [-0.05, 0) is 33.1 Å². The predicted octanol–water partition coefficient (Wildman–Crippen LogP) is 3.45. The Balaban J connectivity index is 2.67. The van der Waals surface area contributed by atoms with Gasteiger partial charge in [-0.1, -0.05) is 32.6 Å². The van der Waals surface area contributed by atoms with Gasteiger partial charge in [-0.2, -0.15) is 0 Å². The third-order valence-electron chi connectivity index (χ3n) is 4.45. The maximum absolute atomic E-state index is 12.5. The van der Waals surface area contributed by atoms with E-state index in [-0.39, 0.29) is 18.4 Å². The van der Waals surface area contributed by atoms with Crippen LogP contribution in [-0.2, 0) is 9.59 Å². The molecule has 1 N–H and O–H groups in total. The van der Waals surface area contributed by atoms with Crippen molar-refractivity contribution in [3.8, 4) is 0 Å². The van der Waals surface area contributed by atoms with Crippen LogP contribution in [0.3, 0.4) is 0 Å². The molecule has 0 spiro atoms. The molecule has 0 radical (unpaired) electrons. The zero-order chi connectivity index (χ0) is 15.2. The summed E-state index contributed by atoms with van der Waals surface area (Å²) >= 11 is 0. The molecule has 1 amide bonds. The van der Waals surface area contributed by atoms with Gasteiger partial charge in [0.15, 0.2) is 0 Å². The summed E-state index contributed by atoms with van der Waals surface area (Å²) in [6.07, 6.45) is 6.56. The molecule has 4 nitrogen and oxygen atoms in total. The first kappa shape index (κ1) is 17.0. The summed E-state index contributed by atoms with van der Waals surface area (Å²) in [5, 5.41) is 9.48. The fourth-order valence-corrected chi connectivity index (χ4v) is 3.11. The van der Waals surface area contributed by atoms with E-state index in [0.717, 1.165) is 38.6 Å². The third kappa shape index (κ3) is 4.22. The number of amides is 1. The molecular weight excluding hydrogens is 254 g/mol. The lowest BCUT2D eigenvalue weighted by Gasteiger charge is -2.31. The van der Waals surface area contributed by atoms with Gasteiger partial charge in [0.1, 0.15) is 0 Å². The fourth-order valence-electron chi connectivity index (χ4n) is 3.11. The number of hydrogen-bond acceptors (Lipinski definition) is 2. The van der Waals surface area contributed by atoms with Gasteiger partial charge in [0.05, 0.1) is 5.41 Å². The molecule has 0 aromatic heterocycles. The fraction of sp³-hybridized carbons (Fsp3) is 0.875. The highest BCUT2D eigenvalue weighted by Gasteiger charge is 2.43. The van der Waals surface area contributed by atoms with Crippen molar-refractivity contribution in [1.29, 1.82) is 0 Å². The van der Waals surface area contributed by atoms with Crippen molar-refractivity contribution in [3.05, 3.63) is 0 Å². The van der Waals surface area contributed by atoms with E-state index in [4.69, 9.17) is 0 Å². The van der Waals surface area contributed by atoms with Crippen molar-refractivity contribution in [3.63, 3.8) is 0 Å². The maximum Gasteiger partial charge on any atom is 0.310 e. The summed E-state index contributed by atoms with van der Waals surface area (Å²) in [7, 11) is 0. The average molecular weight is 283 g/mol. The lowest BCUT2D eigenvalue weighted by atomic mass is 9.82. The molecule has 0 aromatic carbocycles. The first-order valence-electron chi connectivity index (χ1n) is 7.96. The number of carboxylic acids is 1. The topological polar surface area (TPSA) is 57.6 Å². The van der Waals surface area contributed by atoms with Crippen molar-refractivity contribution in [2.75, 3.05) is 6.54 Å². The highest BCUT2D eigenvalue weighted by atomic mass is 16.4. The monoisotopic (exact) mass is 283 g/mol. The molecule has 1 saturated carbocycles. The summed E-state index contributed by atoms with van der Waals surface area (Å²) < 4.78 is 0. The molecule has 0 aromatic rings. The molecule has 0 atom stereocenters. The van der Waals surface area contributed by atoms with Gasteiger partial charge in [0.2, 0.25) is 5.91 Å². The molecule has 1 fully saturated rings. The molecule has 1 aliphatic rings. The lowest BCUT2D eigenvalue weighted by Crippen LogP contribution is -2.42. The van der Waals surface area contributed by atoms with Crippen LogP contribution in [0, 0.1) is 5.41 Å². The van der Waals surface area contributed by atoms with Crippen LogP contribution in [0.15, 0.2) is 0 Å². The highest BCUT2D eigenvalue weighted by molar-refractivity contribution is 5.85. The van der Waals surface area contributed by atoms with E-state index < -0.39 is 11.4 Å². The first-order chi connectivity index (χ1) is 9.43. The Morgan fingerprint density at radius 2 is 1.80 bits per heavy atom. The summed E-state index contributed by atoms with van der Waals surface area (Å²) in [4.78, 5) is 25.9. The normalized spacial score (nSPS) is 17.4. The van der Waals surface area contributed by atoms with Gasteiger partial charge in [-0.25, -0.2) is 0 Å². The van der Waals surface area contributed by atoms with Crippen molar-refractivity contribution in [2.45, 2.75) is 78.2 Å². The second-order valence-electron chi connectivity index (χ2n) is 6.36. The number of rotatable bonds is 8. The van der Waals surface area contributed by atoms with E-state index in [9.17, 15) is 14.7 Å². The van der Waals surface area contributed by atoms with Crippen molar-refractivity contribution < 1.29 is 14.7 Å². The molecule has 0 bridgehead atoms. The van der Waals surface area contributed by atoms with Crippen LogP contribution >= 0.6 is 0 Å². The van der Waals surface area contributed by atoms with Crippen LogP contribution in [0.2, 0.25) is 0 Å². The van der Waals surface area contributed by atoms with Crippen LogP contribution in [0.25, 0.3) is 0 Å². The van der Waals surface area contributed by atoms with Gasteiger partial charge in [0.25, 0.3) is 0 Å². The van der Waals surface area contributed by atoms with E-state index >= 15 is 0 Å². The second-order valence-corrected chi connectivity index (χ2v) is 6.36. The number of hydrogen-bond donors (Lipinski definition) is 1. The molecule has 1 aliphatic carbocycles. The molecule has 0 saturated heterocycles. The molecule has 1 rings (SSSR count). The molecule has 0 unspecified atom stereocenters. The number of aliphatic carboxylic acids is 1. The number of carbonyl (C=O) groups excluding carboxylic acids is 1. The van der Waals surface area contributed by atoms with Crippen LogP contribution in [0.1, 0.15) is 72.1 Å². The Kier molecular flexibility index (Phi) is 6.50. The quantitative estimate of drug-likeness (QED) is 0.694. The Bertz CT molecular complexity index is 333. The smallest absolute Gasteiger partial charge is 0.310 e. The lowest BCUT2D eigenvalue weighted by molar-refractivity contribution is -0.153. The van der Waals surface area contributed by atoms with Gasteiger partial charge in [0, 0.05) is 19.0 Å². The summed E-state index contributed by atoms with van der Waals surface area (Å²) in [5.74, 6) is -0.777. The van der Waals surface area contributed by atoms with E-state index in [1.54, 1.807) is 0 Å². The SMILES string of the molecule is CCCCCN(C(=O)CC1(C(=O)O)CCCC1)C(C)C. The van der Waals surface area contributed by atoms with Crippen LogP contribution < -0.4 is 0 Å². The van der Waals surface area contributed by atoms with Crippen LogP contribution in [0.4, 0.5) is 0 Å². The van der Waals surface area contributed by atoms with Gasteiger partial charge in [-0.15, -0.1) is 0 Å². The standard InChI is InChI=1S/C16H29NO3/c1-4-5-8-11-17(13(2)3)14(18)12-16(15(19)20)9-6-7-10-16/h13H,4-12H2,1-3H3,(H,19,20). The summed E-state index contributed by atoms with van der Waals surface area (Å²) in [6, 6.07) is 0.145. The summed E-state index contributed by atoms with van der Waals surface area (Å²) in [6.45, 7) is 6.90. The Morgan fingerprint density at radius 1 is 1.20 bits per heavy atom. The molecule has 4 heteroatoms. The number of carbonyl (C=O) groups is 2. The predicted molar refractivity (Wildman–Crippen MR) is 79.5 cm³/mol. The van der Waals surface area contributed by atoms with E-state index in [1.165, 1.54) is 0 Å². The average Bonchev–Trinajstić information content (AvgIpc) is 2.83. The molecule has 0 heterocycles. The molecule has 116 valence electrons. The minimum Gasteiger partial charge on any atom is -0.481 e. The Labute approximate surface area is 122 Å². The first-order valence-corrected chi connectivity index (χ1v) is 7.96. The minimum atomic E-state index is -0.797. The van der Waals surface area contributed by atoms with Crippen molar-refractivity contribution >= 4 is 11.9 Å².